The van der Waals surface area contributed by atoms with E-state index in [9.17, 15) is 9.18 Å². The maximum absolute atomic E-state index is 13.0. The van der Waals surface area contributed by atoms with Crippen LogP contribution in [0.1, 0.15) is 24.4 Å². The van der Waals surface area contributed by atoms with Crippen LogP contribution in [-0.4, -0.2) is 45.4 Å². The van der Waals surface area contributed by atoms with Crippen molar-refractivity contribution in [3.8, 4) is 5.69 Å². The lowest BCUT2D eigenvalue weighted by Crippen LogP contribution is -2.24. The van der Waals surface area contributed by atoms with Crippen molar-refractivity contribution in [2.75, 3.05) is 19.8 Å². The first-order valence-corrected chi connectivity index (χ1v) is 10.7. The Morgan fingerprint density at radius 1 is 1.17 bits per heavy atom. The molecule has 0 fully saturated rings. The minimum atomic E-state index is -0.301. The number of hydrogen-bond acceptors (Lipinski definition) is 5. The number of carbonyl (C=O) groups excluding carboxylic acids is 1. The van der Waals surface area contributed by atoms with Gasteiger partial charge in [0.25, 0.3) is 0 Å². The van der Waals surface area contributed by atoms with E-state index in [1.54, 1.807) is 12.1 Å². The Morgan fingerprint density at radius 3 is 2.47 bits per heavy atom. The lowest BCUT2D eigenvalue weighted by atomic mass is 10.2. The fourth-order valence-corrected chi connectivity index (χ4v) is 3.61. The summed E-state index contributed by atoms with van der Waals surface area (Å²) in [5.41, 5.74) is 1.71. The van der Waals surface area contributed by atoms with Gasteiger partial charge in [0.15, 0.2) is 11.0 Å². The van der Waals surface area contributed by atoms with E-state index in [1.165, 1.54) is 23.9 Å². The number of amides is 1. The van der Waals surface area contributed by atoms with Gasteiger partial charge in [0.05, 0.1) is 11.8 Å². The van der Waals surface area contributed by atoms with Crippen molar-refractivity contribution in [2.24, 2.45) is 0 Å². The number of thioether (sulfide) groups is 1. The van der Waals surface area contributed by atoms with E-state index in [-0.39, 0.29) is 23.5 Å². The Hall–Kier alpha value is -2.42. The molecule has 0 saturated heterocycles. The lowest BCUT2D eigenvalue weighted by Gasteiger charge is -2.20. The summed E-state index contributed by atoms with van der Waals surface area (Å²) in [6.45, 7) is 2.38. The van der Waals surface area contributed by atoms with Gasteiger partial charge in [-0.3, -0.25) is 14.3 Å². The molecule has 0 spiro atoms. The Kier molecular flexibility index (Phi) is 7.47. The van der Waals surface area contributed by atoms with Crippen LogP contribution in [-0.2, 0) is 11.3 Å². The highest BCUT2D eigenvalue weighted by molar-refractivity contribution is 7.99. The number of benzene rings is 2. The molecule has 1 aromatic heterocycles. The number of aromatic nitrogens is 3. The van der Waals surface area contributed by atoms with Crippen molar-refractivity contribution in [2.45, 2.75) is 24.7 Å². The smallest absolute Gasteiger partial charge is 0.230 e. The van der Waals surface area contributed by atoms with Crippen LogP contribution < -0.4 is 5.32 Å². The van der Waals surface area contributed by atoms with Crippen LogP contribution in [0.15, 0.2) is 53.7 Å². The Morgan fingerprint density at radius 2 is 1.83 bits per heavy atom. The first-order valence-electron chi connectivity index (χ1n) is 9.36. The molecule has 0 saturated carbocycles. The van der Waals surface area contributed by atoms with Gasteiger partial charge in [0.1, 0.15) is 5.82 Å². The van der Waals surface area contributed by atoms with E-state index in [0.717, 1.165) is 17.1 Å². The van der Waals surface area contributed by atoms with Gasteiger partial charge in [0.2, 0.25) is 5.91 Å². The van der Waals surface area contributed by atoms with Crippen molar-refractivity contribution in [1.29, 1.82) is 0 Å². The molecule has 1 amide bonds. The first kappa shape index (κ1) is 22.3. The van der Waals surface area contributed by atoms with Crippen LogP contribution in [0, 0.1) is 5.82 Å². The van der Waals surface area contributed by atoms with E-state index in [1.807, 2.05) is 54.8 Å². The van der Waals surface area contributed by atoms with Crippen molar-refractivity contribution in [3.63, 3.8) is 0 Å². The van der Waals surface area contributed by atoms with E-state index >= 15 is 0 Å². The fourth-order valence-electron chi connectivity index (χ4n) is 2.69. The van der Waals surface area contributed by atoms with Crippen LogP contribution in [0.4, 0.5) is 4.39 Å². The fraction of sp³-hybridized carbons (Fsp3) is 0.286. The molecule has 1 atom stereocenters. The first-order chi connectivity index (χ1) is 14.3. The molecule has 0 aliphatic heterocycles. The van der Waals surface area contributed by atoms with Crippen LogP contribution >= 0.6 is 23.4 Å². The Labute approximate surface area is 184 Å². The van der Waals surface area contributed by atoms with Crippen LogP contribution in [0.25, 0.3) is 5.69 Å². The highest BCUT2D eigenvalue weighted by Gasteiger charge is 2.21. The highest BCUT2D eigenvalue weighted by Crippen LogP contribution is 2.27. The predicted octanol–water partition coefficient (Wildman–Crippen LogP) is 4.09. The molecule has 1 heterocycles. The Balaban J connectivity index is 1.72. The van der Waals surface area contributed by atoms with E-state index in [0.29, 0.717) is 16.7 Å². The minimum Gasteiger partial charge on any atom is -0.351 e. The van der Waals surface area contributed by atoms with Gasteiger partial charge in [-0.1, -0.05) is 35.5 Å². The van der Waals surface area contributed by atoms with Crippen molar-refractivity contribution < 1.29 is 9.18 Å². The summed E-state index contributed by atoms with van der Waals surface area (Å²) in [7, 11) is 3.95. The topological polar surface area (TPSA) is 63.1 Å². The standard InChI is InChI=1S/C21H23ClFN5OS/c1-14(27(2)3)20-25-26-21(28(20)18-10-6-16(22)7-11-18)30-13-19(29)24-12-15-4-8-17(23)9-5-15/h4-11,14H,12-13H2,1-3H3,(H,24,29). The third kappa shape index (κ3) is 5.59. The summed E-state index contributed by atoms with van der Waals surface area (Å²) in [6, 6.07) is 13.5. The molecule has 0 aliphatic carbocycles. The van der Waals surface area contributed by atoms with Crippen molar-refractivity contribution in [3.05, 3.63) is 70.8 Å². The zero-order valence-corrected chi connectivity index (χ0v) is 18.5. The van der Waals surface area contributed by atoms with E-state index in [2.05, 4.69) is 15.5 Å². The number of carbonyl (C=O) groups is 1. The minimum absolute atomic E-state index is 0.0230. The predicted molar refractivity (Wildman–Crippen MR) is 117 cm³/mol. The zero-order chi connectivity index (χ0) is 21.7. The second-order valence-electron chi connectivity index (χ2n) is 6.98. The highest BCUT2D eigenvalue weighted by atomic mass is 35.5. The molecule has 1 unspecified atom stereocenters. The van der Waals surface area contributed by atoms with Gasteiger partial charge in [-0.25, -0.2) is 4.39 Å². The SMILES string of the molecule is CC(c1nnc(SCC(=O)NCc2ccc(F)cc2)n1-c1ccc(Cl)cc1)N(C)C. The zero-order valence-electron chi connectivity index (χ0n) is 17.0. The largest absolute Gasteiger partial charge is 0.351 e. The second kappa shape index (κ2) is 10.1. The number of hydrogen-bond donors (Lipinski definition) is 1. The van der Waals surface area contributed by atoms with Gasteiger partial charge < -0.3 is 5.32 Å². The summed E-state index contributed by atoms with van der Waals surface area (Å²) >= 11 is 7.34. The van der Waals surface area contributed by atoms with Crippen LogP contribution in [0.2, 0.25) is 5.02 Å². The van der Waals surface area contributed by atoms with Gasteiger partial charge in [-0.15, -0.1) is 10.2 Å². The summed E-state index contributed by atoms with van der Waals surface area (Å²) in [5, 5.41) is 12.8. The number of nitrogens with zero attached hydrogens (tertiary/aromatic N) is 4. The lowest BCUT2D eigenvalue weighted by molar-refractivity contribution is -0.118. The van der Waals surface area contributed by atoms with Crippen LogP contribution in [0.3, 0.4) is 0 Å². The maximum Gasteiger partial charge on any atom is 0.230 e. The normalized spacial score (nSPS) is 12.2. The summed E-state index contributed by atoms with van der Waals surface area (Å²) in [4.78, 5) is 14.4. The van der Waals surface area contributed by atoms with Gasteiger partial charge in [0, 0.05) is 17.3 Å². The molecule has 0 aliphatic rings. The average molecular weight is 448 g/mol. The van der Waals surface area contributed by atoms with Crippen LogP contribution in [0.5, 0.6) is 0 Å². The number of rotatable bonds is 8. The number of halogens is 2. The molecule has 6 nitrogen and oxygen atoms in total. The van der Waals surface area contributed by atoms with Gasteiger partial charge in [-0.2, -0.15) is 0 Å². The molecule has 158 valence electrons. The average Bonchev–Trinajstić information content (AvgIpc) is 3.15. The maximum atomic E-state index is 13.0. The van der Waals surface area contributed by atoms with E-state index in [4.69, 9.17) is 11.6 Å². The summed E-state index contributed by atoms with van der Waals surface area (Å²) < 4.78 is 14.9. The molecular weight excluding hydrogens is 425 g/mol. The molecule has 0 bridgehead atoms. The molecule has 2 aromatic carbocycles. The molecule has 3 aromatic rings. The van der Waals surface area contributed by atoms with Crippen molar-refractivity contribution in [1.82, 2.24) is 25.0 Å². The number of nitrogens with one attached hydrogen (secondary N) is 1. The molecule has 0 radical (unpaired) electrons. The summed E-state index contributed by atoms with van der Waals surface area (Å²) in [5.74, 6) is 0.516. The van der Waals surface area contributed by atoms with Gasteiger partial charge >= 0.3 is 0 Å². The second-order valence-corrected chi connectivity index (χ2v) is 8.36. The quantitative estimate of drug-likeness (QED) is 0.527. The molecule has 1 N–H and O–H groups in total. The third-order valence-electron chi connectivity index (χ3n) is 4.63. The monoisotopic (exact) mass is 447 g/mol. The molecule has 3 rings (SSSR count). The van der Waals surface area contributed by atoms with E-state index < -0.39 is 0 Å². The molecule has 9 heteroatoms. The molecular formula is C21H23ClFN5OS. The third-order valence-corrected chi connectivity index (χ3v) is 5.81. The molecule has 30 heavy (non-hydrogen) atoms. The van der Waals surface area contributed by atoms with Crippen molar-refractivity contribution >= 4 is 29.3 Å². The van der Waals surface area contributed by atoms with Gasteiger partial charge in [-0.05, 0) is 63.0 Å². The Bertz CT molecular complexity index is 992. The summed E-state index contributed by atoms with van der Waals surface area (Å²) in [6.07, 6.45) is 0.